The topological polar surface area (TPSA) is 105 Å². The normalized spacial score (nSPS) is 16.2. The summed E-state index contributed by atoms with van der Waals surface area (Å²) in [4.78, 5) is 15.5. The van der Waals surface area contributed by atoms with Gasteiger partial charge in [-0.2, -0.15) is 4.31 Å². The molecule has 1 aliphatic rings. The van der Waals surface area contributed by atoms with Gasteiger partial charge in [-0.3, -0.25) is 0 Å². The first-order valence-corrected chi connectivity index (χ1v) is 10.1. The Kier molecular flexibility index (Phi) is 5.59. The highest BCUT2D eigenvalue weighted by Crippen LogP contribution is 2.24. The summed E-state index contributed by atoms with van der Waals surface area (Å²) < 4.78 is 34.2. The van der Waals surface area contributed by atoms with E-state index in [1.165, 1.54) is 4.31 Å². The number of sulfonamides is 1. The maximum absolute atomic E-state index is 12.8. The van der Waals surface area contributed by atoms with Gasteiger partial charge in [-0.1, -0.05) is 6.92 Å². The van der Waals surface area contributed by atoms with E-state index >= 15 is 0 Å². The van der Waals surface area contributed by atoms with Crippen LogP contribution in [0.25, 0.3) is 11.0 Å². The number of ether oxygens (including phenoxy) is 1. The predicted molar refractivity (Wildman–Crippen MR) is 92.9 cm³/mol. The first-order valence-electron chi connectivity index (χ1n) is 8.70. The summed E-state index contributed by atoms with van der Waals surface area (Å²) >= 11 is 0. The van der Waals surface area contributed by atoms with Gasteiger partial charge >= 0.3 is 0 Å². The van der Waals surface area contributed by atoms with Gasteiger partial charge < -0.3 is 19.2 Å². The van der Waals surface area contributed by atoms with Crippen LogP contribution in [0.15, 0.2) is 23.1 Å². The summed E-state index contributed by atoms with van der Waals surface area (Å²) in [6, 6.07) is 4.89. The molecule has 1 aromatic heterocycles. The molecule has 0 saturated carbocycles. The van der Waals surface area contributed by atoms with Crippen molar-refractivity contribution < 1.29 is 23.1 Å². The van der Waals surface area contributed by atoms with Gasteiger partial charge in [-0.05, 0) is 31.0 Å². The molecule has 1 aliphatic heterocycles. The molecule has 9 heteroatoms. The Morgan fingerprint density at radius 1 is 1.31 bits per heavy atom. The van der Waals surface area contributed by atoms with Crippen molar-refractivity contribution in [2.24, 2.45) is 0 Å². The molecule has 1 saturated heterocycles. The fourth-order valence-electron chi connectivity index (χ4n) is 3.13. The van der Waals surface area contributed by atoms with Crippen molar-refractivity contribution in [2.75, 3.05) is 26.3 Å². The molecule has 3 rings (SSSR count). The molecule has 8 nitrogen and oxygen atoms in total. The highest BCUT2D eigenvalue weighted by molar-refractivity contribution is 7.89. The van der Waals surface area contributed by atoms with Crippen LogP contribution < -0.4 is 5.11 Å². The molecule has 0 bridgehead atoms. The van der Waals surface area contributed by atoms with E-state index in [1.54, 1.807) is 18.2 Å². The Balaban J connectivity index is 1.98. The first kappa shape index (κ1) is 18.8. The molecule has 1 aromatic carbocycles. The minimum Gasteiger partial charge on any atom is -0.550 e. The summed E-state index contributed by atoms with van der Waals surface area (Å²) in [6.07, 6.45) is 0.992. The molecule has 0 radical (unpaired) electrons. The van der Waals surface area contributed by atoms with Gasteiger partial charge in [0.25, 0.3) is 0 Å². The lowest BCUT2D eigenvalue weighted by atomic mass is 10.3. The second-order valence-corrected chi connectivity index (χ2v) is 8.16. The Bertz CT molecular complexity index is 901. The minimum atomic E-state index is -3.60. The SMILES string of the molecule is CCCn1c(CCC(=O)[O-])nc2cc(S(=O)(=O)N3CCOCC3)ccc21. The number of carboxylic acid groups (broad SMARTS) is 1. The predicted octanol–water partition coefficient (Wildman–Crippen LogP) is 0.150. The molecule has 2 heterocycles. The molecule has 0 amide bonds. The number of aromatic nitrogens is 2. The van der Waals surface area contributed by atoms with Crippen molar-refractivity contribution >= 4 is 27.0 Å². The summed E-state index contributed by atoms with van der Waals surface area (Å²) in [6.45, 7) is 4.16. The Morgan fingerprint density at radius 2 is 2.04 bits per heavy atom. The van der Waals surface area contributed by atoms with Gasteiger partial charge in [0.15, 0.2) is 0 Å². The van der Waals surface area contributed by atoms with Gasteiger partial charge in [0.1, 0.15) is 5.82 Å². The van der Waals surface area contributed by atoms with Crippen molar-refractivity contribution in [2.45, 2.75) is 37.6 Å². The maximum atomic E-state index is 12.8. The van der Waals surface area contributed by atoms with Gasteiger partial charge in [0.05, 0.1) is 29.1 Å². The first-order chi connectivity index (χ1) is 12.4. The van der Waals surface area contributed by atoms with Crippen LogP contribution in [0.3, 0.4) is 0 Å². The maximum Gasteiger partial charge on any atom is 0.243 e. The lowest BCUT2D eigenvalue weighted by molar-refractivity contribution is -0.305. The summed E-state index contributed by atoms with van der Waals surface area (Å²) in [7, 11) is -3.60. The molecule has 0 N–H and O–H groups in total. The fraction of sp³-hybridized carbons (Fsp3) is 0.529. The van der Waals surface area contributed by atoms with Gasteiger partial charge in [0, 0.05) is 32.0 Å². The van der Waals surface area contributed by atoms with E-state index in [0.717, 1.165) is 11.9 Å². The summed E-state index contributed by atoms with van der Waals surface area (Å²) in [5, 5.41) is 10.8. The highest BCUT2D eigenvalue weighted by atomic mass is 32.2. The molecule has 1 fully saturated rings. The Hall–Kier alpha value is -1.97. The number of hydrogen-bond acceptors (Lipinski definition) is 6. The lowest BCUT2D eigenvalue weighted by Crippen LogP contribution is -2.40. The van der Waals surface area contributed by atoms with Crippen LogP contribution in [0, 0.1) is 0 Å². The quantitative estimate of drug-likeness (QED) is 0.677. The third-order valence-corrected chi connectivity index (χ3v) is 6.30. The van der Waals surface area contributed by atoms with E-state index in [1.807, 2.05) is 11.5 Å². The number of carboxylic acids is 1. The van der Waals surface area contributed by atoms with Crippen LogP contribution in [0.5, 0.6) is 0 Å². The molecule has 0 spiro atoms. The van der Waals surface area contributed by atoms with Crippen LogP contribution in [0.4, 0.5) is 0 Å². The number of nitrogens with zero attached hydrogens (tertiary/aromatic N) is 3. The number of carbonyl (C=O) groups is 1. The van der Waals surface area contributed by atoms with E-state index in [4.69, 9.17) is 4.74 Å². The molecule has 0 unspecified atom stereocenters. The molecule has 2 aromatic rings. The standard InChI is InChI=1S/C17H23N3O5S/c1-2-7-20-15-4-3-13(26(23,24)19-8-10-25-11-9-19)12-14(15)18-16(20)5-6-17(21)22/h3-4,12H,2,5-11H2,1H3,(H,21,22)/p-1. The van der Waals surface area contributed by atoms with Crippen molar-refractivity contribution in [3.05, 3.63) is 24.0 Å². The van der Waals surface area contributed by atoms with Crippen LogP contribution >= 0.6 is 0 Å². The smallest absolute Gasteiger partial charge is 0.243 e. The third-order valence-electron chi connectivity index (χ3n) is 4.41. The number of aryl methyl sites for hydroxylation is 2. The molecular formula is C17H22N3O5S-. The van der Waals surface area contributed by atoms with Crippen LogP contribution in [-0.4, -0.2) is 54.5 Å². The second kappa shape index (κ2) is 7.73. The average Bonchev–Trinajstić information content (AvgIpc) is 2.98. The molecule has 0 atom stereocenters. The van der Waals surface area contributed by atoms with Gasteiger partial charge in [0.2, 0.25) is 10.0 Å². The van der Waals surface area contributed by atoms with E-state index < -0.39 is 16.0 Å². The zero-order valence-electron chi connectivity index (χ0n) is 14.7. The Labute approximate surface area is 152 Å². The number of fused-ring (bicyclic) bond motifs is 1. The average molecular weight is 380 g/mol. The monoisotopic (exact) mass is 380 g/mol. The Morgan fingerprint density at radius 3 is 2.69 bits per heavy atom. The number of benzene rings is 1. The molecule has 0 aliphatic carbocycles. The number of aliphatic carboxylic acids is 1. The van der Waals surface area contributed by atoms with E-state index in [2.05, 4.69) is 4.98 Å². The number of carbonyl (C=O) groups excluding carboxylic acids is 1. The largest absolute Gasteiger partial charge is 0.550 e. The summed E-state index contributed by atoms with van der Waals surface area (Å²) in [5.74, 6) is -0.498. The van der Waals surface area contributed by atoms with Crippen LogP contribution in [0.2, 0.25) is 0 Å². The number of morpholine rings is 1. The van der Waals surface area contributed by atoms with E-state index in [9.17, 15) is 18.3 Å². The molecule has 142 valence electrons. The zero-order valence-corrected chi connectivity index (χ0v) is 15.5. The third kappa shape index (κ3) is 3.74. The van der Waals surface area contributed by atoms with Crippen LogP contribution in [0.1, 0.15) is 25.6 Å². The van der Waals surface area contributed by atoms with E-state index in [0.29, 0.717) is 44.2 Å². The fourth-order valence-corrected chi connectivity index (χ4v) is 4.56. The lowest BCUT2D eigenvalue weighted by Gasteiger charge is -2.26. The van der Waals surface area contributed by atoms with Gasteiger partial charge in [-0.25, -0.2) is 13.4 Å². The van der Waals surface area contributed by atoms with Crippen LogP contribution in [-0.2, 0) is 32.5 Å². The molecular weight excluding hydrogens is 358 g/mol. The van der Waals surface area contributed by atoms with Crippen molar-refractivity contribution in [1.29, 1.82) is 0 Å². The van der Waals surface area contributed by atoms with Crippen molar-refractivity contribution in [3.8, 4) is 0 Å². The zero-order chi connectivity index (χ0) is 18.7. The second-order valence-electron chi connectivity index (χ2n) is 6.22. The molecule has 26 heavy (non-hydrogen) atoms. The van der Waals surface area contributed by atoms with Gasteiger partial charge in [-0.15, -0.1) is 0 Å². The summed E-state index contributed by atoms with van der Waals surface area (Å²) in [5.41, 5.74) is 1.36. The number of hydrogen-bond donors (Lipinski definition) is 0. The number of rotatable bonds is 7. The minimum absolute atomic E-state index is 0.119. The van der Waals surface area contributed by atoms with Crippen molar-refractivity contribution in [1.82, 2.24) is 13.9 Å². The number of imidazole rings is 1. The van der Waals surface area contributed by atoms with E-state index in [-0.39, 0.29) is 17.7 Å². The van der Waals surface area contributed by atoms with Crippen molar-refractivity contribution in [3.63, 3.8) is 0 Å². The highest BCUT2D eigenvalue weighted by Gasteiger charge is 2.27.